The first-order valence-electron chi connectivity index (χ1n) is 5.11. The van der Waals surface area contributed by atoms with Gasteiger partial charge in [0, 0.05) is 19.6 Å². The van der Waals surface area contributed by atoms with Crippen LogP contribution in [0.2, 0.25) is 0 Å². The van der Waals surface area contributed by atoms with Crippen molar-refractivity contribution in [2.45, 2.75) is 6.92 Å². The van der Waals surface area contributed by atoms with Crippen LogP contribution in [0.3, 0.4) is 0 Å². The predicted octanol–water partition coefficient (Wildman–Crippen LogP) is 2.49. The van der Waals surface area contributed by atoms with E-state index in [1.807, 2.05) is 0 Å². The number of hydrogen-bond donors (Lipinski definition) is 1. The first-order valence-corrected chi connectivity index (χ1v) is 5.11. The standard InChI is InChI=1S/C12H16N2/c1-2-3-9-14-10-8-13-11-6-4-5-7-12(11)14/h2-7,13H,8-10H2,1H3/b3-2+. The summed E-state index contributed by atoms with van der Waals surface area (Å²) in [6.45, 7) is 5.19. The Morgan fingerprint density at radius 1 is 1.43 bits per heavy atom. The van der Waals surface area contributed by atoms with Crippen LogP contribution in [0.4, 0.5) is 11.4 Å². The normalized spacial score (nSPS) is 15.4. The van der Waals surface area contributed by atoms with Crippen molar-refractivity contribution in [2.75, 3.05) is 29.9 Å². The van der Waals surface area contributed by atoms with Gasteiger partial charge in [0.25, 0.3) is 0 Å². The SMILES string of the molecule is C/C=C/CN1CCNc2ccccc21. The molecule has 2 rings (SSSR count). The molecule has 0 radical (unpaired) electrons. The molecular weight excluding hydrogens is 172 g/mol. The third kappa shape index (κ3) is 1.74. The van der Waals surface area contributed by atoms with Gasteiger partial charge in [0.15, 0.2) is 0 Å². The predicted molar refractivity (Wildman–Crippen MR) is 62.0 cm³/mol. The van der Waals surface area contributed by atoms with Crippen molar-refractivity contribution in [3.05, 3.63) is 36.4 Å². The number of allylic oxidation sites excluding steroid dienone is 1. The lowest BCUT2D eigenvalue weighted by atomic mass is 10.2. The van der Waals surface area contributed by atoms with Crippen LogP contribution < -0.4 is 10.2 Å². The van der Waals surface area contributed by atoms with Crippen LogP contribution in [0, 0.1) is 0 Å². The van der Waals surface area contributed by atoms with E-state index in [1.165, 1.54) is 11.4 Å². The molecule has 2 nitrogen and oxygen atoms in total. The fourth-order valence-electron chi connectivity index (χ4n) is 1.77. The van der Waals surface area contributed by atoms with Crippen LogP contribution >= 0.6 is 0 Å². The first-order chi connectivity index (χ1) is 6.92. The number of nitrogens with zero attached hydrogens (tertiary/aromatic N) is 1. The van der Waals surface area contributed by atoms with Gasteiger partial charge in [0.1, 0.15) is 0 Å². The summed E-state index contributed by atoms with van der Waals surface area (Å²) < 4.78 is 0. The van der Waals surface area contributed by atoms with Gasteiger partial charge < -0.3 is 10.2 Å². The Bertz CT molecular complexity index is 331. The lowest BCUT2D eigenvalue weighted by molar-refractivity contribution is 0.843. The summed E-state index contributed by atoms with van der Waals surface area (Å²) in [6, 6.07) is 8.47. The number of fused-ring (bicyclic) bond motifs is 1. The van der Waals surface area contributed by atoms with Gasteiger partial charge in [-0.05, 0) is 19.1 Å². The van der Waals surface area contributed by atoms with E-state index < -0.39 is 0 Å². The maximum absolute atomic E-state index is 3.40. The van der Waals surface area contributed by atoms with E-state index in [1.54, 1.807) is 0 Å². The molecule has 0 saturated heterocycles. The zero-order valence-corrected chi connectivity index (χ0v) is 8.53. The molecule has 14 heavy (non-hydrogen) atoms. The fraction of sp³-hybridized carbons (Fsp3) is 0.333. The molecule has 1 aliphatic rings. The van der Waals surface area contributed by atoms with Crippen LogP contribution in [-0.4, -0.2) is 19.6 Å². The lowest BCUT2D eigenvalue weighted by Gasteiger charge is -2.31. The van der Waals surface area contributed by atoms with Crippen molar-refractivity contribution in [3.63, 3.8) is 0 Å². The van der Waals surface area contributed by atoms with Crippen molar-refractivity contribution in [1.29, 1.82) is 0 Å². The molecule has 0 unspecified atom stereocenters. The van der Waals surface area contributed by atoms with E-state index >= 15 is 0 Å². The maximum Gasteiger partial charge on any atom is 0.0605 e. The molecule has 0 aliphatic carbocycles. The highest BCUT2D eigenvalue weighted by Gasteiger charge is 2.13. The summed E-state index contributed by atoms with van der Waals surface area (Å²) in [5, 5.41) is 3.40. The van der Waals surface area contributed by atoms with Crippen molar-refractivity contribution in [2.24, 2.45) is 0 Å². The third-order valence-corrected chi connectivity index (χ3v) is 2.50. The Labute approximate surface area is 85.2 Å². The van der Waals surface area contributed by atoms with Gasteiger partial charge in [-0.3, -0.25) is 0 Å². The highest BCUT2D eigenvalue weighted by molar-refractivity contribution is 5.72. The molecule has 1 aromatic carbocycles. The minimum absolute atomic E-state index is 1.01. The van der Waals surface area contributed by atoms with Gasteiger partial charge in [0.2, 0.25) is 0 Å². The number of hydrogen-bond acceptors (Lipinski definition) is 2. The van der Waals surface area contributed by atoms with E-state index in [4.69, 9.17) is 0 Å². The van der Waals surface area contributed by atoms with E-state index in [2.05, 4.69) is 53.6 Å². The van der Waals surface area contributed by atoms with E-state index in [-0.39, 0.29) is 0 Å². The third-order valence-electron chi connectivity index (χ3n) is 2.50. The fourth-order valence-corrected chi connectivity index (χ4v) is 1.77. The average molecular weight is 188 g/mol. The largest absolute Gasteiger partial charge is 0.382 e. The van der Waals surface area contributed by atoms with E-state index in [0.717, 1.165) is 19.6 Å². The molecule has 1 aromatic rings. The molecular formula is C12H16N2. The molecule has 0 spiro atoms. The number of benzene rings is 1. The molecule has 1 N–H and O–H groups in total. The lowest BCUT2D eigenvalue weighted by Crippen LogP contribution is -2.33. The van der Waals surface area contributed by atoms with Gasteiger partial charge in [-0.15, -0.1) is 0 Å². The quantitative estimate of drug-likeness (QED) is 0.717. The van der Waals surface area contributed by atoms with Crippen LogP contribution in [0.1, 0.15) is 6.92 Å². The van der Waals surface area contributed by atoms with Crippen molar-refractivity contribution >= 4 is 11.4 Å². The molecule has 2 heteroatoms. The number of anilines is 2. The van der Waals surface area contributed by atoms with Gasteiger partial charge in [0.05, 0.1) is 11.4 Å². The molecule has 1 heterocycles. The first kappa shape index (κ1) is 9.13. The summed E-state index contributed by atoms with van der Waals surface area (Å²) in [5.41, 5.74) is 2.57. The Balaban J connectivity index is 2.22. The van der Waals surface area contributed by atoms with Gasteiger partial charge in [-0.25, -0.2) is 0 Å². The second-order valence-corrected chi connectivity index (χ2v) is 3.46. The summed E-state index contributed by atoms with van der Waals surface area (Å²) in [7, 11) is 0. The van der Waals surface area contributed by atoms with Crippen molar-refractivity contribution in [3.8, 4) is 0 Å². The molecule has 74 valence electrons. The smallest absolute Gasteiger partial charge is 0.0605 e. The zero-order chi connectivity index (χ0) is 9.80. The molecule has 0 amide bonds. The summed E-state index contributed by atoms with van der Waals surface area (Å²) in [6.07, 6.45) is 4.30. The second-order valence-electron chi connectivity index (χ2n) is 3.46. The minimum Gasteiger partial charge on any atom is -0.382 e. The van der Waals surface area contributed by atoms with E-state index in [0.29, 0.717) is 0 Å². The summed E-state index contributed by atoms with van der Waals surface area (Å²) in [5.74, 6) is 0. The Hall–Kier alpha value is -1.44. The Morgan fingerprint density at radius 3 is 3.14 bits per heavy atom. The molecule has 0 aromatic heterocycles. The summed E-state index contributed by atoms with van der Waals surface area (Å²) >= 11 is 0. The highest BCUT2D eigenvalue weighted by atomic mass is 15.2. The van der Waals surface area contributed by atoms with Crippen molar-refractivity contribution < 1.29 is 0 Å². The van der Waals surface area contributed by atoms with Gasteiger partial charge >= 0.3 is 0 Å². The molecule has 0 saturated carbocycles. The molecule has 0 fully saturated rings. The van der Waals surface area contributed by atoms with Gasteiger partial charge in [-0.1, -0.05) is 24.3 Å². The second kappa shape index (κ2) is 4.18. The Kier molecular flexibility index (Phi) is 2.73. The highest BCUT2D eigenvalue weighted by Crippen LogP contribution is 2.27. The number of rotatable bonds is 2. The van der Waals surface area contributed by atoms with Gasteiger partial charge in [-0.2, -0.15) is 0 Å². The number of para-hydroxylation sites is 2. The van der Waals surface area contributed by atoms with Crippen LogP contribution in [-0.2, 0) is 0 Å². The van der Waals surface area contributed by atoms with Crippen LogP contribution in [0.15, 0.2) is 36.4 Å². The molecule has 1 aliphatic heterocycles. The van der Waals surface area contributed by atoms with Crippen LogP contribution in [0.5, 0.6) is 0 Å². The summed E-state index contributed by atoms with van der Waals surface area (Å²) in [4.78, 5) is 2.39. The monoisotopic (exact) mass is 188 g/mol. The Morgan fingerprint density at radius 2 is 2.29 bits per heavy atom. The van der Waals surface area contributed by atoms with Crippen LogP contribution in [0.25, 0.3) is 0 Å². The molecule has 0 atom stereocenters. The number of nitrogens with one attached hydrogen (secondary N) is 1. The topological polar surface area (TPSA) is 15.3 Å². The maximum atomic E-state index is 3.40. The average Bonchev–Trinajstić information content (AvgIpc) is 2.26. The van der Waals surface area contributed by atoms with E-state index in [9.17, 15) is 0 Å². The minimum atomic E-state index is 1.01. The molecule has 0 bridgehead atoms. The zero-order valence-electron chi connectivity index (χ0n) is 8.53. The van der Waals surface area contributed by atoms with Crippen molar-refractivity contribution in [1.82, 2.24) is 0 Å².